The summed E-state index contributed by atoms with van der Waals surface area (Å²) >= 11 is 5.82. The second-order valence-electron chi connectivity index (χ2n) is 4.16. The smallest absolute Gasteiger partial charge is 0.347 e. The van der Waals surface area contributed by atoms with E-state index in [1.165, 1.54) is 10.8 Å². The third-order valence-corrected chi connectivity index (χ3v) is 2.75. The van der Waals surface area contributed by atoms with Crippen molar-refractivity contribution in [2.75, 3.05) is 11.9 Å². The summed E-state index contributed by atoms with van der Waals surface area (Å²) in [5.41, 5.74) is 0.603. The SMILES string of the molecule is CCCNc1ccc(Cn2cc(Cl)cnc2=O)cn1. The van der Waals surface area contributed by atoms with Crippen LogP contribution >= 0.6 is 11.6 Å². The summed E-state index contributed by atoms with van der Waals surface area (Å²) in [6.45, 7) is 3.40. The fourth-order valence-electron chi connectivity index (χ4n) is 1.61. The van der Waals surface area contributed by atoms with Crippen LogP contribution < -0.4 is 11.0 Å². The van der Waals surface area contributed by atoms with E-state index < -0.39 is 0 Å². The largest absolute Gasteiger partial charge is 0.370 e. The molecule has 6 heteroatoms. The highest BCUT2D eigenvalue weighted by atomic mass is 35.5. The highest BCUT2D eigenvalue weighted by Crippen LogP contribution is 2.07. The first-order valence-corrected chi connectivity index (χ1v) is 6.47. The number of rotatable bonds is 5. The molecule has 0 aromatic carbocycles. The van der Waals surface area contributed by atoms with Crippen LogP contribution in [0.5, 0.6) is 0 Å². The van der Waals surface area contributed by atoms with E-state index in [1.54, 1.807) is 12.4 Å². The van der Waals surface area contributed by atoms with Gasteiger partial charge in [-0.1, -0.05) is 24.6 Å². The van der Waals surface area contributed by atoms with Crippen molar-refractivity contribution in [2.24, 2.45) is 0 Å². The fourth-order valence-corrected chi connectivity index (χ4v) is 1.78. The maximum atomic E-state index is 11.5. The van der Waals surface area contributed by atoms with Crippen LogP contribution in [-0.2, 0) is 6.54 Å². The van der Waals surface area contributed by atoms with Crippen molar-refractivity contribution in [3.63, 3.8) is 0 Å². The minimum Gasteiger partial charge on any atom is -0.370 e. The molecule has 0 atom stereocenters. The van der Waals surface area contributed by atoms with Gasteiger partial charge in [-0.15, -0.1) is 0 Å². The summed E-state index contributed by atoms with van der Waals surface area (Å²) in [6, 6.07) is 3.83. The summed E-state index contributed by atoms with van der Waals surface area (Å²) in [6.07, 6.45) is 5.70. The van der Waals surface area contributed by atoms with Crippen molar-refractivity contribution >= 4 is 17.4 Å². The topological polar surface area (TPSA) is 59.8 Å². The predicted octanol–water partition coefficient (Wildman–Crippen LogP) is 2.16. The molecule has 100 valence electrons. The van der Waals surface area contributed by atoms with Crippen LogP contribution in [0.25, 0.3) is 0 Å². The third-order valence-electron chi connectivity index (χ3n) is 2.56. The molecule has 2 heterocycles. The van der Waals surface area contributed by atoms with Crippen LogP contribution in [0.2, 0.25) is 5.02 Å². The summed E-state index contributed by atoms with van der Waals surface area (Å²) in [5, 5.41) is 3.63. The molecule has 19 heavy (non-hydrogen) atoms. The maximum Gasteiger partial charge on any atom is 0.347 e. The Morgan fingerprint density at radius 2 is 2.16 bits per heavy atom. The predicted molar refractivity (Wildman–Crippen MR) is 75.6 cm³/mol. The van der Waals surface area contributed by atoms with Crippen LogP contribution in [0.3, 0.4) is 0 Å². The van der Waals surface area contributed by atoms with Gasteiger partial charge >= 0.3 is 5.69 Å². The van der Waals surface area contributed by atoms with E-state index in [4.69, 9.17) is 11.6 Å². The zero-order chi connectivity index (χ0) is 13.7. The maximum absolute atomic E-state index is 11.5. The minimum absolute atomic E-state index is 0.322. The molecule has 0 fully saturated rings. The lowest BCUT2D eigenvalue weighted by molar-refractivity contribution is 0.725. The van der Waals surface area contributed by atoms with Crippen molar-refractivity contribution in [3.8, 4) is 0 Å². The van der Waals surface area contributed by atoms with Crippen LogP contribution in [0.15, 0.2) is 35.5 Å². The average Bonchev–Trinajstić information content (AvgIpc) is 2.42. The number of nitrogens with zero attached hydrogens (tertiary/aromatic N) is 3. The molecule has 0 unspecified atom stereocenters. The first kappa shape index (κ1) is 13.5. The number of aromatic nitrogens is 3. The standard InChI is InChI=1S/C13H15ClN4O/c1-2-5-15-12-4-3-10(6-16-12)8-18-9-11(14)7-17-13(18)19/h3-4,6-7,9H,2,5,8H2,1H3,(H,15,16). The Morgan fingerprint density at radius 1 is 1.32 bits per heavy atom. The molecule has 0 spiro atoms. The minimum atomic E-state index is -0.322. The van der Waals surface area contributed by atoms with Gasteiger partial charge in [-0.25, -0.2) is 14.8 Å². The molecule has 0 amide bonds. The highest BCUT2D eigenvalue weighted by molar-refractivity contribution is 6.30. The van der Waals surface area contributed by atoms with Crippen molar-refractivity contribution in [2.45, 2.75) is 19.9 Å². The lowest BCUT2D eigenvalue weighted by atomic mass is 10.3. The van der Waals surface area contributed by atoms with Crippen LogP contribution in [0.4, 0.5) is 5.82 Å². The van der Waals surface area contributed by atoms with Gasteiger partial charge in [-0.3, -0.25) is 4.57 Å². The first-order valence-electron chi connectivity index (χ1n) is 6.10. The molecule has 5 nitrogen and oxygen atoms in total. The summed E-state index contributed by atoms with van der Waals surface area (Å²) in [5.74, 6) is 0.835. The number of anilines is 1. The quantitative estimate of drug-likeness (QED) is 0.910. The van der Waals surface area contributed by atoms with E-state index in [-0.39, 0.29) is 5.69 Å². The van der Waals surface area contributed by atoms with Gasteiger partial charge in [0.1, 0.15) is 5.82 Å². The molecule has 0 radical (unpaired) electrons. The third kappa shape index (κ3) is 3.79. The lowest BCUT2D eigenvalue weighted by Gasteiger charge is -2.07. The number of hydrogen-bond donors (Lipinski definition) is 1. The van der Waals surface area contributed by atoms with Gasteiger partial charge < -0.3 is 5.32 Å². The van der Waals surface area contributed by atoms with Crippen molar-refractivity contribution < 1.29 is 0 Å². The van der Waals surface area contributed by atoms with E-state index in [0.717, 1.165) is 24.3 Å². The second-order valence-corrected chi connectivity index (χ2v) is 4.60. The Morgan fingerprint density at radius 3 is 2.84 bits per heavy atom. The molecule has 0 aliphatic heterocycles. The van der Waals surface area contributed by atoms with Gasteiger partial charge in [0.05, 0.1) is 17.8 Å². The van der Waals surface area contributed by atoms with E-state index in [2.05, 4.69) is 22.2 Å². The Labute approximate surface area is 116 Å². The molecule has 0 saturated carbocycles. The molecule has 0 aliphatic carbocycles. The van der Waals surface area contributed by atoms with Crippen LogP contribution in [0.1, 0.15) is 18.9 Å². The van der Waals surface area contributed by atoms with Gasteiger partial charge in [0.25, 0.3) is 0 Å². The zero-order valence-electron chi connectivity index (χ0n) is 10.6. The summed E-state index contributed by atoms with van der Waals surface area (Å²) < 4.78 is 1.46. The average molecular weight is 279 g/mol. The van der Waals surface area contributed by atoms with Gasteiger partial charge in [0, 0.05) is 18.9 Å². The number of halogens is 1. The van der Waals surface area contributed by atoms with Crippen LogP contribution in [0, 0.1) is 0 Å². The molecule has 2 rings (SSSR count). The molecular weight excluding hydrogens is 264 g/mol. The highest BCUT2D eigenvalue weighted by Gasteiger charge is 2.01. The number of hydrogen-bond acceptors (Lipinski definition) is 4. The van der Waals surface area contributed by atoms with Gasteiger partial charge in [-0.2, -0.15) is 0 Å². The molecule has 0 saturated heterocycles. The molecule has 0 aliphatic rings. The zero-order valence-corrected chi connectivity index (χ0v) is 11.4. The fraction of sp³-hybridized carbons (Fsp3) is 0.308. The van der Waals surface area contributed by atoms with Gasteiger partial charge in [0.15, 0.2) is 0 Å². The molecule has 2 aromatic heterocycles. The van der Waals surface area contributed by atoms with Gasteiger partial charge in [-0.05, 0) is 18.1 Å². The Kier molecular flexibility index (Phi) is 4.52. The van der Waals surface area contributed by atoms with E-state index in [0.29, 0.717) is 11.6 Å². The van der Waals surface area contributed by atoms with Crippen molar-refractivity contribution in [1.29, 1.82) is 0 Å². The molecule has 0 bridgehead atoms. The summed E-state index contributed by atoms with van der Waals surface area (Å²) in [4.78, 5) is 19.5. The summed E-state index contributed by atoms with van der Waals surface area (Å²) in [7, 11) is 0. The van der Waals surface area contributed by atoms with E-state index in [9.17, 15) is 4.79 Å². The Bertz CT molecular complexity index is 594. The van der Waals surface area contributed by atoms with Crippen LogP contribution in [-0.4, -0.2) is 21.1 Å². The Balaban J connectivity index is 2.11. The van der Waals surface area contributed by atoms with Crippen molar-refractivity contribution in [3.05, 3.63) is 51.8 Å². The Hall–Kier alpha value is -1.88. The monoisotopic (exact) mass is 278 g/mol. The van der Waals surface area contributed by atoms with E-state index in [1.807, 2.05) is 12.1 Å². The first-order chi connectivity index (χ1) is 9.19. The molecule has 1 N–H and O–H groups in total. The number of pyridine rings is 1. The number of nitrogens with one attached hydrogen (secondary N) is 1. The lowest BCUT2D eigenvalue weighted by Crippen LogP contribution is -2.22. The normalized spacial score (nSPS) is 10.4. The second kappa shape index (κ2) is 6.33. The molecule has 2 aromatic rings. The van der Waals surface area contributed by atoms with Gasteiger partial charge in [0.2, 0.25) is 0 Å². The van der Waals surface area contributed by atoms with E-state index >= 15 is 0 Å². The molecular formula is C13H15ClN4O. The van der Waals surface area contributed by atoms with Crippen molar-refractivity contribution in [1.82, 2.24) is 14.5 Å².